The third-order valence-electron chi connectivity index (χ3n) is 6.70. The van der Waals surface area contributed by atoms with Crippen LogP contribution in [0.4, 0.5) is 10.1 Å². The molecule has 3 heteroatoms. The Balaban J connectivity index is 1.50. The van der Waals surface area contributed by atoms with E-state index in [1.54, 1.807) is 12.1 Å². The largest absolute Gasteiger partial charge is 0.356 e. The van der Waals surface area contributed by atoms with Crippen LogP contribution in [0.5, 0.6) is 0 Å². The third-order valence-corrected chi connectivity index (χ3v) is 6.70. The Labute approximate surface area is 167 Å². The average molecular weight is 377 g/mol. The molecule has 2 aliphatic carbocycles. The maximum atomic E-state index is 13.2. The second-order valence-electron chi connectivity index (χ2n) is 8.58. The van der Waals surface area contributed by atoms with Crippen molar-refractivity contribution in [2.75, 3.05) is 5.32 Å². The van der Waals surface area contributed by atoms with E-state index in [9.17, 15) is 4.39 Å². The fourth-order valence-electron chi connectivity index (χ4n) is 4.99. The number of hydrogen-bond acceptors (Lipinski definition) is 2. The van der Waals surface area contributed by atoms with Crippen LogP contribution in [0.2, 0.25) is 0 Å². The molecule has 0 saturated heterocycles. The SMILES string of the molecule is CC1=C(Nc2ccc(F)cc2)C=C2CC[C@H](CC(N)c3ccccc3)[C@@]2(C)C1. The molecule has 28 heavy (non-hydrogen) atoms. The molecule has 3 atom stereocenters. The lowest BCUT2D eigenvalue weighted by molar-refractivity contribution is 0.240. The number of fused-ring (bicyclic) bond motifs is 1. The van der Waals surface area contributed by atoms with Crippen molar-refractivity contribution in [2.24, 2.45) is 17.1 Å². The fourth-order valence-corrected chi connectivity index (χ4v) is 4.99. The van der Waals surface area contributed by atoms with Gasteiger partial charge in [0.1, 0.15) is 5.82 Å². The molecule has 1 unspecified atom stereocenters. The Morgan fingerprint density at radius 2 is 1.86 bits per heavy atom. The topological polar surface area (TPSA) is 38.0 Å². The van der Waals surface area contributed by atoms with E-state index in [0.29, 0.717) is 5.92 Å². The number of anilines is 1. The van der Waals surface area contributed by atoms with Gasteiger partial charge < -0.3 is 11.1 Å². The van der Waals surface area contributed by atoms with Gasteiger partial charge in [0.05, 0.1) is 0 Å². The fraction of sp³-hybridized carbons (Fsp3) is 0.360. The molecule has 0 spiro atoms. The lowest BCUT2D eigenvalue weighted by Crippen LogP contribution is -2.30. The molecule has 4 rings (SSSR count). The number of halogens is 1. The van der Waals surface area contributed by atoms with Crippen LogP contribution in [0, 0.1) is 17.2 Å². The zero-order valence-electron chi connectivity index (χ0n) is 16.7. The summed E-state index contributed by atoms with van der Waals surface area (Å²) in [6.07, 6.45) is 6.72. The molecule has 0 bridgehead atoms. The summed E-state index contributed by atoms with van der Waals surface area (Å²) in [6, 6.07) is 17.1. The van der Waals surface area contributed by atoms with Crippen LogP contribution < -0.4 is 11.1 Å². The van der Waals surface area contributed by atoms with Crippen molar-refractivity contribution < 1.29 is 4.39 Å². The second kappa shape index (κ2) is 7.56. The molecule has 2 aromatic rings. The minimum Gasteiger partial charge on any atom is -0.356 e. The molecular formula is C25H29FN2. The van der Waals surface area contributed by atoms with Crippen molar-refractivity contribution in [3.63, 3.8) is 0 Å². The molecule has 0 aliphatic heterocycles. The van der Waals surface area contributed by atoms with E-state index >= 15 is 0 Å². The van der Waals surface area contributed by atoms with E-state index in [1.807, 2.05) is 6.07 Å². The molecule has 2 aliphatic rings. The second-order valence-corrected chi connectivity index (χ2v) is 8.58. The summed E-state index contributed by atoms with van der Waals surface area (Å²) in [6.45, 7) is 4.61. The Morgan fingerprint density at radius 3 is 2.57 bits per heavy atom. The average Bonchev–Trinajstić information content (AvgIpc) is 2.99. The summed E-state index contributed by atoms with van der Waals surface area (Å²) in [5.74, 6) is 0.385. The number of hydrogen-bond donors (Lipinski definition) is 2. The van der Waals surface area contributed by atoms with Gasteiger partial charge in [-0.05, 0) is 85.4 Å². The molecule has 0 heterocycles. The van der Waals surface area contributed by atoms with Crippen LogP contribution in [0.15, 0.2) is 77.5 Å². The highest BCUT2D eigenvalue weighted by molar-refractivity contribution is 5.54. The van der Waals surface area contributed by atoms with Crippen LogP contribution in [-0.2, 0) is 0 Å². The quantitative estimate of drug-likeness (QED) is 0.638. The lowest BCUT2D eigenvalue weighted by Gasteiger charge is -2.38. The van der Waals surface area contributed by atoms with Crippen molar-refractivity contribution >= 4 is 5.69 Å². The number of nitrogens with two attached hydrogens (primary N) is 1. The predicted molar refractivity (Wildman–Crippen MR) is 114 cm³/mol. The number of benzene rings is 2. The summed E-state index contributed by atoms with van der Waals surface area (Å²) in [7, 11) is 0. The maximum absolute atomic E-state index is 13.2. The van der Waals surface area contributed by atoms with Crippen LogP contribution in [0.25, 0.3) is 0 Å². The molecule has 0 radical (unpaired) electrons. The Bertz CT molecular complexity index is 898. The van der Waals surface area contributed by atoms with Crippen molar-refractivity contribution in [3.05, 3.63) is 88.9 Å². The summed E-state index contributed by atoms with van der Waals surface area (Å²) < 4.78 is 13.2. The molecule has 3 N–H and O–H groups in total. The monoisotopic (exact) mass is 376 g/mol. The highest BCUT2D eigenvalue weighted by atomic mass is 19.1. The zero-order valence-corrected chi connectivity index (χ0v) is 16.7. The molecule has 146 valence electrons. The maximum Gasteiger partial charge on any atom is 0.123 e. The van der Waals surface area contributed by atoms with Gasteiger partial charge in [0.25, 0.3) is 0 Å². The summed E-state index contributed by atoms with van der Waals surface area (Å²) in [4.78, 5) is 0. The summed E-state index contributed by atoms with van der Waals surface area (Å²) >= 11 is 0. The Morgan fingerprint density at radius 1 is 1.14 bits per heavy atom. The van der Waals surface area contributed by atoms with Crippen molar-refractivity contribution in [1.29, 1.82) is 0 Å². The molecule has 0 aromatic heterocycles. The van der Waals surface area contributed by atoms with Gasteiger partial charge in [-0.1, -0.05) is 42.8 Å². The van der Waals surface area contributed by atoms with E-state index in [-0.39, 0.29) is 17.3 Å². The standard InChI is InChI=1S/C25H29FN2/c1-17-16-25(2)19(14-23(27)18-6-4-3-5-7-18)8-9-20(25)15-24(17)28-22-12-10-21(26)11-13-22/h3-7,10-13,15,19,23,28H,8-9,14,16,27H2,1-2H3/t19-,23?,25-/m1/s1. The van der Waals surface area contributed by atoms with Gasteiger partial charge in [0, 0.05) is 17.4 Å². The van der Waals surface area contributed by atoms with E-state index in [0.717, 1.165) is 30.6 Å². The Kier molecular flexibility index (Phi) is 5.11. The van der Waals surface area contributed by atoms with Gasteiger partial charge in [0.2, 0.25) is 0 Å². The van der Waals surface area contributed by atoms with Gasteiger partial charge in [-0.2, -0.15) is 0 Å². The molecule has 1 saturated carbocycles. The van der Waals surface area contributed by atoms with E-state index in [2.05, 4.69) is 49.5 Å². The summed E-state index contributed by atoms with van der Waals surface area (Å²) in [5, 5.41) is 3.48. The van der Waals surface area contributed by atoms with Crippen LogP contribution in [0.3, 0.4) is 0 Å². The minimum absolute atomic E-state index is 0.0883. The van der Waals surface area contributed by atoms with Gasteiger partial charge in [0.15, 0.2) is 0 Å². The van der Waals surface area contributed by atoms with Crippen molar-refractivity contribution in [2.45, 2.75) is 45.6 Å². The molecule has 2 aromatic carbocycles. The normalized spacial score (nSPS) is 25.3. The smallest absolute Gasteiger partial charge is 0.123 e. The van der Waals surface area contributed by atoms with Crippen LogP contribution in [-0.4, -0.2) is 0 Å². The first kappa shape index (κ1) is 18.9. The number of allylic oxidation sites excluding steroid dienone is 3. The first-order valence-electron chi connectivity index (χ1n) is 10.2. The molecule has 2 nitrogen and oxygen atoms in total. The van der Waals surface area contributed by atoms with E-state index in [1.165, 1.54) is 35.3 Å². The molecule has 0 amide bonds. The van der Waals surface area contributed by atoms with Crippen LogP contribution >= 0.6 is 0 Å². The van der Waals surface area contributed by atoms with Gasteiger partial charge >= 0.3 is 0 Å². The van der Waals surface area contributed by atoms with Crippen molar-refractivity contribution in [3.8, 4) is 0 Å². The highest BCUT2D eigenvalue weighted by Gasteiger charge is 2.44. The predicted octanol–water partition coefficient (Wildman–Crippen LogP) is 6.35. The number of rotatable bonds is 5. The van der Waals surface area contributed by atoms with Gasteiger partial charge in [-0.3, -0.25) is 0 Å². The third kappa shape index (κ3) is 3.64. The first-order chi connectivity index (χ1) is 13.5. The molecule has 1 fully saturated rings. The van der Waals surface area contributed by atoms with Crippen LogP contribution in [0.1, 0.15) is 51.1 Å². The van der Waals surface area contributed by atoms with E-state index in [4.69, 9.17) is 5.73 Å². The van der Waals surface area contributed by atoms with Gasteiger partial charge in [-0.25, -0.2) is 4.39 Å². The van der Waals surface area contributed by atoms with Crippen molar-refractivity contribution in [1.82, 2.24) is 0 Å². The van der Waals surface area contributed by atoms with E-state index < -0.39 is 0 Å². The zero-order chi connectivity index (χ0) is 19.7. The molecular weight excluding hydrogens is 347 g/mol. The minimum atomic E-state index is -0.209. The number of nitrogens with one attached hydrogen (secondary N) is 1. The Hall–Kier alpha value is -2.39. The lowest BCUT2D eigenvalue weighted by atomic mass is 9.68. The van der Waals surface area contributed by atoms with Gasteiger partial charge in [-0.15, -0.1) is 0 Å². The summed E-state index contributed by atoms with van der Waals surface area (Å²) in [5.41, 5.74) is 12.9. The highest BCUT2D eigenvalue weighted by Crippen LogP contribution is 2.56. The first-order valence-corrected chi connectivity index (χ1v) is 10.2.